The highest BCUT2D eigenvalue weighted by Crippen LogP contribution is 2.42. The molecule has 1 aromatic rings. The Balaban J connectivity index is 1.86. The lowest BCUT2D eigenvalue weighted by molar-refractivity contribution is -0.0979. The molecule has 2 unspecified atom stereocenters. The molecule has 1 aliphatic rings. The van der Waals surface area contributed by atoms with Crippen LogP contribution in [0.1, 0.15) is 58.7 Å². The molecule has 1 saturated carbocycles. The Kier molecular flexibility index (Phi) is 4.86. The van der Waals surface area contributed by atoms with E-state index in [9.17, 15) is 0 Å². The van der Waals surface area contributed by atoms with Gasteiger partial charge in [0.25, 0.3) is 0 Å². The highest BCUT2D eigenvalue weighted by Gasteiger charge is 2.48. The molecule has 2 atom stereocenters. The second kappa shape index (κ2) is 6.27. The largest absolute Gasteiger partial charge is 0.381 e. The molecular formula is C16H29N3O. The quantitative estimate of drug-likeness (QED) is 0.833. The van der Waals surface area contributed by atoms with Crippen molar-refractivity contribution in [3.05, 3.63) is 18.0 Å². The average Bonchev–Trinajstić information content (AvgIpc) is 2.88. The van der Waals surface area contributed by atoms with Gasteiger partial charge >= 0.3 is 0 Å². The summed E-state index contributed by atoms with van der Waals surface area (Å²) >= 11 is 0. The van der Waals surface area contributed by atoms with Gasteiger partial charge in [-0.25, -0.2) is 0 Å². The summed E-state index contributed by atoms with van der Waals surface area (Å²) in [6.45, 7) is 9.82. The zero-order valence-electron chi connectivity index (χ0n) is 13.5. The predicted octanol–water partition coefficient (Wildman–Crippen LogP) is 3.15. The molecule has 0 radical (unpaired) electrons. The lowest BCUT2D eigenvalue weighted by Gasteiger charge is -2.51. The van der Waals surface area contributed by atoms with Gasteiger partial charge in [0.15, 0.2) is 0 Å². The van der Waals surface area contributed by atoms with Crippen LogP contribution in [0.15, 0.2) is 12.3 Å². The maximum atomic E-state index is 5.49. The normalized spacial score (nSPS) is 24.9. The molecule has 2 rings (SSSR count). The van der Waals surface area contributed by atoms with E-state index in [-0.39, 0.29) is 5.41 Å². The van der Waals surface area contributed by atoms with Crippen LogP contribution in [0, 0.1) is 5.41 Å². The van der Waals surface area contributed by atoms with Gasteiger partial charge in [-0.05, 0) is 25.3 Å². The third-order valence-corrected chi connectivity index (χ3v) is 4.97. The van der Waals surface area contributed by atoms with Crippen molar-refractivity contribution in [3.8, 4) is 0 Å². The Labute approximate surface area is 122 Å². The average molecular weight is 279 g/mol. The number of hydrogen-bond acceptors (Lipinski definition) is 3. The van der Waals surface area contributed by atoms with Gasteiger partial charge in [0.1, 0.15) is 0 Å². The van der Waals surface area contributed by atoms with Crippen LogP contribution < -0.4 is 5.32 Å². The Morgan fingerprint density at radius 2 is 2.15 bits per heavy atom. The van der Waals surface area contributed by atoms with Gasteiger partial charge < -0.3 is 10.1 Å². The van der Waals surface area contributed by atoms with Crippen LogP contribution in [0.25, 0.3) is 0 Å². The van der Waals surface area contributed by atoms with Gasteiger partial charge in [-0.15, -0.1) is 0 Å². The molecule has 1 N–H and O–H groups in total. The molecule has 1 aliphatic carbocycles. The molecular weight excluding hydrogens is 250 g/mol. The lowest BCUT2D eigenvalue weighted by Crippen LogP contribution is -2.60. The molecule has 1 fully saturated rings. The maximum Gasteiger partial charge on any atom is 0.0762 e. The van der Waals surface area contributed by atoms with E-state index in [0.29, 0.717) is 18.2 Å². The van der Waals surface area contributed by atoms with Crippen molar-refractivity contribution in [2.75, 3.05) is 7.11 Å². The maximum absolute atomic E-state index is 5.49. The molecule has 1 aromatic heterocycles. The van der Waals surface area contributed by atoms with E-state index in [1.165, 1.54) is 0 Å². The number of rotatable bonds is 7. The fraction of sp³-hybridized carbons (Fsp3) is 0.812. The van der Waals surface area contributed by atoms with Crippen LogP contribution in [0.5, 0.6) is 0 Å². The third-order valence-electron chi connectivity index (χ3n) is 4.97. The van der Waals surface area contributed by atoms with E-state index >= 15 is 0 Å². The number of nitrogens with one attached hydrogen (secondary N) is 1. The lowest BCUT2D eigenvalue weighted by atomic mass is 9.64. The van der Waals surface area contributed by atoms with Crippen molar-refractivity contribution >= 4 is 0 Å². The Hall–Kier alpha value is -0.870. The Bertz CT molecular complexity index is 423. The molecule has 0 aromatic carbocycles. The van der Waals surface area contributed by atoms with Crippen molar-refractivity contribution in [1.29, 1.82) is 0 Å². The number of ether oxygens (including phenoxy) is 1. The second-order valence-electron chi connectivity index (χ2n) is 6.47. The molecule has 4 heteroatoms. The molecule has 0 aliphatic heterocycles. The molecule has 0 saturated heterocycles. The predicted molar refractivity (Wildman–Crippen MR) is 81.7 cm³/mol. The summed E-state index contributed by atoms with van der Waals surface area (Å²) < 4.78 is 7.60. The van der Waals surface area contributed by atoms with E-state index in [1.54, 1.807) is 7.11 Å². The van der Waals surface area contributed by atoms with Crippen LogP contribution in [-0.2, 0) is 11.3 Å². The first-order chi connectivity index (χ1) is 9.52. The highest BCUT2D eigenvalue weighted by molar-refractivity contribution is 5.05. The topological polar surface area (TPSA) is 39.1 Å². The summed E-state index contributed by atoms with van der Waals surface area (Å²) in [6, 6.07) is 3.18. The van der Waals surface area contributed by atoms with Crippen LogP contribution in [0.3, 0.4) is 0 Å². The summed E-state index contributed by atoms with van der Waals surface area (Å²) in [5, 5.41) is 8.31. The summed E-state index contributed by atoms with van der Waals surface area (Å²) in [4.78, 5) is 0. The molecule has 0 spiro atoms. The van der Waals surface area contributed by atoms with Crippen LogP contribution >= 0.6 is 0 Å². The third kappa shape index (κ3) is 2.91. The van der Waals surface area contributed by atoms with Gasteiger partial charge in [-0.3, -0.25) is 4.68 Å². The summed E-state index contributed by atoms with van der Waals surface area (Å²) in [6.07, 6.45) is 5.85. The first-order valence-electron chi connectivity index (χ1n) is 7.83. The number of methoxy groups -OCH3 is 1. The minimum atomic E-state index is 0.215. The number of nitrogens with zero attached hydrogens (tertiary/aromatic N) is 2. The second-order valence-corrected chi connectivity index (χ2v) is 6.47. The van der Waals surface area contributed by atoms with Gasteiger partial charge in [0.2, 0.25) is 0 Å². The monoisotopic (exact) mass is 279 g/mol. The molecule has 20 heavy (non-hydrogen) atoms. The van der Waals surface area contributed by atoms with Crippen LogP contribution in [0.4, 0.5) is 0 Å². The van der Waals surface area contributed by atoms with E-state index in [1.807, 2.05) is 0 Å². The van der Waals surface area contributed by atoms with E-state index in [4.69, 9.17) is 9.84 Å². The Morgan fingerprint density at radius 3 is 2.70 bits per heavy atom. The standard InChI is InChI=1S/C16H29N3O/c1-6-13(7-2)19-9-8-12(18-19)11-17-14-10-15(20-5)16(14,3)4/h8-9,13-15,17H,6-7,10-11H2,1-5H3. The smallest absolute Gasteiger partial charge is 0.0762 e. The van der Waals surface area contributed by atoms with E-state index < -0.39 is 0 Å². The van der Waals surface area contributed by atoms with E-state index in [0.717, 1.165) is 31.5 Å². The van der Waals surface area contributed by atoms with E-state index in [2.05, 4.69) is 50.0 Å². The molecule has 4 nitrogen and oxygen atoms in total. The van der Waals surface area contributed by atoms with Gasteiger partial charge in [-0.1, -0.05) is 27.7 Å². The minimum Gasteiger partial charge on any atom is -0.381 e. The van der Waals surface area contributed by atoms with Crippen molar-refractivity contribution in [3.63, 3.8) is 0 Å². The van der Waals surface area contributed by atoms with Crippen molar-refractivity contribution in [2.24, 2.45) is 5.41 Å². The first-order valence-corrected chi connectivity index (χ1v) is 7.83. The highest BCUT2D eigenvalue weighted by atomic mass is 16.5. The van der Waals surface area contributed by atoms with Gasteiger partial charge in [0, 0.05) is 31.3 Å². The minimum absolute atomic E-state index is 0.215. The molecule has 0 bridgehead atoms. The summed E-state index contributed by atoms with van der Waals surface area (Å²) in [5.74, 6) is 0. The molecule has 0 amide bonds. The van der Waals surface area contributed by atoms with Gasteiger partial charge in [0.05, 0.1) is 17.8 Å². The van der Waals surface area contributed by atoms with Crippen molar-refractivity contribution in [2.45, 2.75) is 71.7 Å². The zero-order valence-corrected chi connectivity index (χ0v) is 13.5. The van der Waals surface area contributed by atoms with Crippen LogP contribution in [0.2, 0.25) is 0 Å². The van der Waals surface area contributed by atoms with Crippen LogP contribution in [-0.4, -0.2) is 29.0 Å². The van der Waals surface area contributed by atoms with Crippen molar-refractivity contribution < 1.29 is 4.74 Å². The fourth-order valence-corrected chi connectivity index (χ4v) is 3.20. The number of aromatic nitrogens is 2. The SMILES string of the molecule is CCC(CC)n1ccc(CNC2CC(OC)C2(C)C)n1. The first kappa shape index (κ1) is 15.5. The van der Waals surface area contributed by atoms with Gasteiger partial charge in [-0.2, -0.15) is 5.10 Å². The fourth-order valence-electron chi connectivity index (χ4n) is 3.20. The van der Waals surface area contributed by atoms with Crippen molar-refractivity contribution in [1.82, 2.24) is 15.1 Å². The molecule has 114 valence electrons. The molecule has 1 heterocycles. The summed E-state index contributed by atoms with van der Waals surface area (Å²) in [5.41, 5.74) is 1.35. The number of hydrogen-bond donors (Lipinski definition) is 1. The summed E-state index contributed by atoms with van der Waals surface area (Å²) in [7, 11) is 1.81. The zero-order chi connectivity index (χ0) is 14.8. The Morgan fingerprint density at radius 1 is 1.45 bits per heavy atom.